The number of methoxy groups -OCH3 is 2. The summed E-state index contributed by atoms with van der Waals surface area (Å²) in [6.07, 6.45) is 1.84. The predicted molar refractivity (Wildman–Crippen MR) is 119 cm³/mol. The van der Waals surface area contributed by atoms with E-state index in [2.05, 4.69) is 11.1 Å². The Morgan fingerprint density at radius 1 is 0.600 bits per heavy atom. The van der Waals surface area contributed by atoms with E-state index in [1.165, 1.54) is 0 Å². The first-order valence-corrected chi connectivity index (χ1v) is 9.60. The van der Waals surface area contributed by atoms with E-state index in [-0.39, 0.29) is 0 Å². The number of pyridine rings is 1. The molecule has 5 rings (SSSR count). The van der Waals surface area contributed by atoms with Gasteiger partial charge in [0.1, 0.15) is 11.5 Å². The Morgan fingerprint density at radius 2 is 1.23 bits per heavy atom. The smallest absolute Gasteiger partial charge is 0.121 e. The number of fused-ring (bicyclic) bond motifs is 2. The molecule has 30 heavy (non-hydrogen) atoms. The fourth-order valence-corrected chi connectivity index (χ4v) is 3.51. The van der Waals surface area contributed by atoms with Crippen molar-refractivity contribution in [3.63, 3.8) is 0 Å². The molecule has 5 heteroatoms. The van der Waals surface area contributed by atoms with Crippen molar-refractivity contribution in [3.05, 3.63) is 79.0 Å². The fourth-order valence-electron chi connectivity index (χ4n) is 3.51. The number of benzene rings is 3. The van der Waals surface area contributed by atoms with Crippen LogP contribution in [0.4, 0.5) is 0 Å². The molecule has 0 aliphatic heterocycles. The van der Waals surface area contributed by atoms with E-state index in [0.29, 0.717) is 0 Å². The maximum atomic E-state index is 5.31. The second kappa shape index (κ2) is 7.44. The zero-order valence-electron chi connectivity index (χ0n) is 16.7. The van der Waals surface area contributed by atoms with Crippen molar-refractivity contribution in [1.82, 2.24) is 15.0 Å². The summed E-state index contributed by atoms with van der Waals surface area (Å²) >= 11 is 0. The van der Waals surface area contributed by atoms with Crippen molar-refractivity contribution in [2.75, 3.05) is 14.2 Å². The van der Waals surface area contributed by atoms with Crippen molar-refractivity contribution in [1.29, 1.82) is 0 Å². The molecule has 0 fully saturated rings. The molecule has 146 valence electrons. The van der Waals surface area contributed by atoms with Crippen LogP contribution in [0.3, 0.4) is 0 Å². The van der Waals surface area contributed by atoms with Crippen molar-refractivity contribution < 1.29 is 9.47 Å². The van der Waals surface area contributed by atoms with Gasteiger partial charge in [0.15, 0.2) is 0 Å². The molecule has 2 heterocycles. The average Bonchev–Trinajstić information content (AvgIpc) is 2.82. The SMILES string of the molecule is COc1ccc(-c2nc3ccccc3nc2-c2cnc3cc(OC)ccc3c2)cc1. The zero-order chi connectivity index (χ0) is 20.5. The van der Waals surface area contributed by atoms with E-state index in [4.69, 9.17) is 19.4 Å². The molecule has 0 aliphatic carbocycles. The summed E-state index contributed by atoms with van der Waals surface area (Å²) < 4.78 is 10.6. The van der Waals surface area contributed by atoms with E-state index >= 15 is 0 Å². The number of nitrogens with zero attached hydrogens (tertiary/aromatic N) is 3. The quantitative estimate of drug-likeness (QED) is 0.402. The second-order valence-electron chi connectivity index (χ2n) is 6.92. The molecule has 0 unspecified atom stereocenters. The van der Waals surface area contributed by atoms with Gasteiger partial charge >= 0.3 is 0 Å². The number of hydrogen-bond acceptors (Lipinski definition) is 5. The van der Waals surface area contributed by atoms with E-state index < -0.39 is 0 Å². The highest BCUT2D eigenvalue weighted by Crippen LogP contribution is 2.33. The van der Waals surface area contributed by atoms with Gasteiger partial charge in [-0.05, 0) is 54.6 Å². The van der Waals surface area contributed by atoms with E-state index in [9.17, 15) is 0 Å². The van der Waals surface area contributed by atoms with E-state index in [1.807, 2.05) is 72.9 Å². The summed E-state index contributed by atoms with van der Waals surface area (Å²) in [4.78, 5) is 14.5. The fraction of sp³-hybridized carbons (Fsp3) is 0.0800. The van der Waals surface area contributed by atoms with Crippen molar-refractivity contribution in [2.45, 2.75) is 0 Å². The molecule has 5 aromatic rings. The summed E-state index contributed by atoms with van der Waals surface area (Å²) in [7, 11) is 3.31. The summed E-state index contributed by atoms with van der Waals surface area (Å²) in [6.45, 7) is 0. The van der Waals surface area contributed by atoms with Gasteiger partial charge in [0.2, 0.25) is 0 Å². The van der Waals surface area contributed by atoms with Crippen LogP contribution in [0.25, 0.3) is 44.5 Å². The lowest BCUT2D eigenvalue weighted by Crippen LogP contribution is -1.96. The van der Waals surface area contributed by atoms with E-state index in [1.54, 1.807) is 14.2 Å². The van der Waals surface area contributed by atoms with Gasteiger partial charge in [-0.15, -0.1) is 0 Å². The first kappa shape index (κ1) is 18.1. The number of hydrogen-bond donors (Lipinski definition) is 0. The topological polar surface area (TPSA) is 57.1 Å². The van der Waals surface area contributed by atoms with Gasteiger partial charge in [-0.25, -0.2) is 9.97 Å². The van der Waals surface area contributed by atoms with Crippen LogP contribution in [0.1, 0.15) is 0 Å². The van der Waals surface area contributed by atoms with Gasteiger partial charge < -0.3 is 9.47 Å². The van der Waals surface area contributed by atoms with Crippen LogP contribution in [0, 0.1) is 0 Å². The minimum atomic E-state index is 0.784. The molecular formula is C25H19N3O2. The molecule has 0 N–H and O–H groups in total. The van der Waals surface area contributed by atoms with Gasteiger partial charge in [-0.1, -0.05) is 12.1 Å². The molecule has 0 radical (unpaired) electrons. The van der Waals surface area contributed by atoms with Crippen molar-refractivity contribution in [2.24, 2.45) is 0 Å². The lowest BCUT2D eigenvalue weighted by molar-refractivity contribution is 0.415. The molecule has 0 saturated carbocycles. The molecule has 0 aliphatic rings. The van der Waals surface area contributed by atoms with E-state index in [0.717, 1.165) is 56.0 Å². The Balaban J connectivity index is 1.73. The molecule has 3 aromatic carbocycles. The largest absolute Gasteiger partial charge is 0.497 e. The summed E-state index contributed by atoms with van der Waals surface area (Å²) in [6, 6.07) is 23.7. The van der Waals surface area contributed by atoms with Crippen LogP contribution >= 0.6 is 0 Å². The molecule has 0 atom stereocenters. The summed E-state index contributed by atoms with van der Waals surface area (Å²) in [5.41, 5.74) is 6.06. The summed E-state index contributed by atoms with van der Waals surface area (Å²) in [5.74, 6) is 1.59. The summed E-state index contributed by atoms with van der Waals surface area (Å²) in [5, 5.41) is 1.02. The van der Waals surface area contributed by atoms with Gasteiger partial charge in [0.25, 0.3) is 0 Å². The van der Waals surface area contributed by atoms with Crippen LogP contribution in [0.5, 0.6) is 11.5 Å². The Hall–Kier alpha value is -3.99. The number of rotatable bonds is 4. The molecule has 5 nitrogen and oxygen atoms in total. The van der Waals surface area contributed by atoms with Crippen LogP contribution in [0.2, 0.25) is 0 Å². The van der Waals surface area contributed by atoms with Gasteiger partial charge in [0.05, 0.1) is 42.2 Å². The molecule has 0 spiro atoms. The highest BCUT2D eigenvalue weighted by Gasteiger charge is 2.14. The standard InChI is InChI=1S/C25H19N3O2/c1-29-19-10-7-16(8-11-19)24-25(28-22-6-4-3-5-21(22)27-24)18-13-17-9-12-20(30-2)14-23(17)26-15-18/h3-15H,1-2H3. The van der Waals surface area contributed by atoms with Gasteiger partial charge in [-0.3, -0.25) is 4.98 Å². The zero-order valence-corrected chi connectivity index (χ0v) is 16.7. The van der Waals surface area contributed by atoms with Crippen molar-refractivity contribution in [3.8, 4) is 34.0 Å². The Morgan fingerprint density at radius 3 is 1.90 bits per heavy atom. The monoisotopic (exact) mass is 393 g/mol. The first-order chi connectivity index (χ1) is 14.7. The predicted octanol–water partition coefficient (Wildman–Crippen LogP) is 5.53. The highest BCUT2D eigenvalue weighted by atomic mass is 16.5. The number of ether oxygens (including phenoxy) is 2. The third-order valence-corrected chi connectivity index (χ3v) is 5.10. The molecule has 0 amide bonds. The maximum absolute atomic E-state index is 5.31. The van der Waals surface area contributed by atoms with Gasteiger partial charge in [0, 0.05) is 28.8 Å². The average molecular weight is 393 g/mol. The minimum absolute atomic E-state index is 0.784. The van der Waals surface area contributed by atoms with Crippen LogP contribution in [0.15, 0.2) is 79.0 Å². The minimum Gasteiger partial charge on any atom is -0.497 e. The maximum Gasteiger partial charge on any atom is 0.121 e. The molecule has 0 bridgehead atoms. The lowest BCUT2D eigenvalue weighted by Gasteiger charge is -2.12. The molecular weight excluding hydrogens is 374 g/mol. The lowest BCUT2D eigenvalue weighted by atomic mass is 10.0. The number of para-hydroxylation sites is 2. The Kier molecular flexibility index (Phi) is 4.48. The third kappa shape index (κ3) is 3.20. The third-order valence-electron chi connectivity index (χ3n) is 5.10. The van der Waals surface area contributed by atoms with Crippen LogP contribution < -0.4 is 9.47 Å². The number of aromatic nitrogens is 3. The second-order valence-corrected chi connectivity index (χ2v) is 6.92. The highest BCUT2D eigenvalue weighted by molar-refractivity contribution is 5.90. The Bertz CT molecular complexity index is 1360. The normalized spacial score (nSPS) is 11.0. The van der Waals surface area contributed by atoms with Crippen LogP contribution in [-0.4, -0.2) is 29.2 Å². The first-order valence-electron chi connectivity index (χ1n) is 9.60. The molecule has 0 saturated heterocycles. The van der Waals surface area contributed by atoms with Gasteiger partial charge in [-0.2, -0.15) is 0 Å². The van der Waals surface area contributed by atoms with Crippen LogP contribution in [-0.2, 0) is 0 Å². The van der Waals surface area contributed by atoms with Crippen molar-refractivity contribution >= 4 is 21.9 Å². The molecule has 2 aromatic heterocycles. The Labute approximate surface area is 174 Å².